The molecule has 1 fully saturated rings. The predicted octanol–water partition coefficient (Wildman–Crippen LogP) is 6.84. The molecule has 1 saturated heterocycles. The zero-order chi connectivity index (χ0) is 28.8. The first-order valence-electron chi connectivity index (χ1n) is 14.6. The second-order valence-electron chi connectivity index (χ2n) is 10.3. The van der Waals surface area contributed by atoms with Crippen molar-refractivity contribution in [2.45, 2.75) is 46.1 Å². The Labute approximate surface area is 242 Å². The molecule has 1 aromatic heterocycles. The summed E-state index contributed by atoms with van der Waals surface area (Å²) in [5.41, 5.74) is 4.73. The fourth-order valence-corrected chi connectivity index (χ4v) is 5.76. The van der Waals surface area contributed by atoms with Crippen LogP contribution < -0.4 is 4.74 Å². The van der Waals surface area contributed by atoms with Gasteiger partial charge in [0, 0.05) is 56.6 Å². The molecule has 2 amide bonds. The van der Waals surface area contributed by atoms with Crippen LogP contribution in [0.1, 0.15) is 49.8 Å². The normalized spacial score (nSPS) is 14.2. The van der Waals surface area contributed by atoms with Gasteiger partial charge in [0.1, 0.15) is 11.5 Å². The molecule has 2 heterocycles. The minimum absolute atomic E-state index is 0.0805. The summed E-state index contributed by atoms with van der Waals surface area (Å²) in [6, 6.07) is 24.3. The van der Waals surface area contributed by atoms with Gasteiger partial charge in [-0.25, -0.2) is 4.79 Å². The summed E-state index contributed by atoms with van der Waals surface area (Å²) >= 11 is 0. The lowest BCUT2D eigenvalue weighted by molar-refractivity contribution is -0.133. The summed E-state index contributed by atoms with van der Waals surface area (Å²) in [5.74, 6) is 1.43. The van der Waals surface area contributed by atoms with Crippen LogP contribution in [0.3, 0.4) is 0 Å². The zero-order valence-corrected chi connectivity index (χ0v) is 24.2. The molecule has 7 nitrogen and oxygen atoms in total. The molecule has 0 spiro atoms. The van der Waals surface area contributed by atoms with Crippen LogP contribution in [0.25, 0.3) is 10.9 Å². The molecule has 41 heavy (non-hydrogen) atoms. The van der Waals surface area contributed by atoms with Crippen molar-refractivity contribution in [3.05, 3.63) is 95.7 Å². The second kappa shape index (κ2) is 12.9. The highest BCUT2D eigenvalue weighted by Crippen LogP contribution is 2.38. The highest BCUT2D eigenvalue weighted by atomic mass is 16.6. The minimum atomic E-state index is -0.313. The molecule has 3 aromatic carbocycles. The standard InChI is InChI=1S/C34H39N3O4/c1-4-25-12-11-17-29-31(24-35(5-2)33(25)29)30(23-32(38)36-18-20-37(21-19-36)34(39)40-6-3)26-13-10-16-28(22-26)41-27-14-8-7-9-15-27/h7-17,22,24,30H,4-6,18-21,23H2,1-3H3. The number of hydrogen-bond donors (Lipinski definition) is 0. The number of piperazine rings is 1. The van der Waals surface area contributed by atoms with E-state index >= 15 is 0 Å². The van der Waals surface area contributed by atoms with E-state index in [9.17, 15) is 9.59 Å². The summed E-state index contributed by atoms with van der Waals surface area (Å²) in [6.07, 6.45) is 3.18. The number of rotatable bonds is 9. The summed E-state index contributed by atoms with van der Waals surface area (Å²) in [4.78, 5) is 29.6. The Morgan fingerprint density at radius 3 is 2.24 bits per heavy atom. The Morgan fingerprint density at radius 2 is 1.54 bits per heavy atom. The van der Waals surface area contributed by atoms with Crippen LogP contribution in [-0.4, -0.2) is 59.2 Å². The monoisotopic (exact) mass is 553 g/mol. The van der Waals surface area contributed by atoms with Gasteiger partial charge in [-0.1, -0.05) is 55.5 Å². The number of aromatic nitrogens is 1. The maximum atomic E-state index is 13.8. The lowest BCUT2D eigenvalue weighted by atomic mass is 9.87. The molecule has 1 unspecified atom stereocenters. The molecule has 0 bridgehead atoms. The van der Waals surface area contributed by atoms with Crippen molar-refractivity contribution in [1.82, 2.24) is 14.4 Å². The van der Waals surface area contributed by atoms with Gasteiger partial charge in [0.2, 0.25) is 5.91 Å². The largest absolute Gasteiger partial charge is 0.457 e. The molecular formula is C34H39N3O4. The van der Waals surface area contributed by atoms with Crippen molar-refractivity contribution in [2.24, 2.45) is 0 Å². The Morgan fingerprint density at radius 1 is 0.829 bits per heavy atom. The Bertz CT molecular complexity index is 1490. The molecular weight excluding hydrogens is 514 g/mol. The van der Waals surface area contributed by atoms with Crippen LogP contribution in [0.2, 0.25) is 0 Å². The number of aryl methyl sites for hydroxylation is 2. The molecule has 7 heteroatoms. The Hall–Kier alpha value is -4.26. The van der Waals surface area contributed by atoms with Gasteiger partial charge >= 0.3 is 6.09 Å². The van der Waals surface area contributed by atoms with E-state index in [0.717, 1.165) is 35.6 Å². The van der Waals surface area contributed by atoms with E-state index < -0.39 is 0 Å². The third-order valence-electron chi connectivity index (χ3n) is 7.89. The highest BCUT2D eigenvalue weighted by Gasteiger charge is 2.29. The quantitative estimate of drug-likeness (QED) is 0.228. The zero-order valence-electron chi connectivity index (χ0n) is 24.2. The molecule has 1 atom stereocenters. The number of benzene rings is 3. The number of carbonyl (C=O) groups excluding carboxylic acids is 2. The predicted molar refractivity (Wildman–Crippen MR) is 162 cm³/mol. The van der Waals surface area contributed by atoms with Crippen molar-refractivity contribution in [3.63, 3.8) is 0 Å². The first-order valence-corrected chi connectivity index (χ1v) is 14.6. The van der Waals surface area contributed by atoms with Gasteiger partial charge in [0.05, 0.1) is 12.1 Å². The van der Waals surface area contributed by atoms with Gasteiger partial charge < -0.3 is 23.8 Å². The van der Waals surface area contributed by atoms with E-state index in [-0.39, 0.29) is 17.9 Å². The molecule has 1 aliphatic rings. The van der Waals surface area contributed by atoms with Crippen LogP contribution in [0, 0.1) is 0 Å². The first-order chi connectivity index (χ1) is 20.0. The number of hydrogen-bond acceptors (Lipinski definition) is 4. The van der Waals surface area contributed by atoms with Crippen molar-refractivity contribution in [3.8, 4) is 11.5 Å². The maximum absolute atomic E-state index is 13.8. The Balaban J connectivity index is 1.48. The Kier molecular flexibility index (Phi) is 8.92. The van der Waals surface area contributed by atoms with Gasteiger partial charge in [-0.3, -0.25) is 4.79 Å². The third kappa shape index (κ3) is 6.24. The van der Waals surface area contributed by atoms with Crippen LogP contribution in [-0.2, 0) is 22.5 Å². The SMILES string of the molecule is CCOC(=O)N1CCN(C(=O)CC(c2cccc(Oc3ccccc3)c2)c2cn(CC)c3c(CC)cccc23)CC1. The molecule has 0 aliphatic carbocycles. The average molecular weight is 554 g/mol. The van der Waals surface area contributed by atoms with E-state index in [1.807, 2.05) is 47.4 Å². The fourth-order valence-electron chi connectivity index (χ4n) is 5.76. The summed E-state index contributed by atoms with van der Waals surface area (Å²) in [5, 5.41) is 1.19. The molecule has 0 N–H and O–H groups in total. The van der Waals surface area contributed by atoms with Gasteiger partial charge in [0.25, 0.3) is 0 Å². The molecule has 0 saturated carbocycles. The van der Waals surface area contributed by atoms with Gasteiger partial charge in [-0.15, -0.1) is 0 Å². The van der Waals surface area contributed by atoms with E-state index in [1.54, 1.807) is 11.8 Å². The fraction of sp³-hybridized carbons (Fsp3) is 0.353. The van der Waals surface area contributed by atoms with Gasteiger partial charge in [-0.05, 0) is 61.2 Å². The molecule has 4 aromatic rings. The maximum Gasteiger partial charge on any atom is 0.409 e. The van der Waals surface area contributed by atoms with Crippen molar-refractivity contribution in [1.29, 1.82) is 0 Å². The van der Waals surface area contributed by atoms with Crippen molar-refractivity contribution in [2.75, 3.05) is 32.8 Å². The minimum Gasteiger partial charge on any atom is -0.457 e. The number of ether oxygens (including phenoxy) is 2. The van der Waals surface area contributed by atoms with Crippen molar-refractivity contribution >= 4 is 22.9 Å². The summed E-state index contributed by atoms with van der Waals surface area (Å²) < 4.78 is 13.6. The van der Waals surface area contributed by atoms with E-state index in [2.05, 4.69) is 54.9 Å². The van der Waals surface area contributed by atoms with Crippen LogP contribution >= 0.6 is 0 Å². The van der Waals surface area contributed by atoms with E-state index in [1.165, 1.54) is 16.5 Å². The topological polar surface area (TPSA) is 64.0 Å². The highest BCUT2D eigenvalue weighted by molar-refractivity contribution is 5.89. The van der Waals surface area contributed by atoms with Crippen LogP contribution in [0.15, 0.2) is 79.0 Å². The second-order valence-corrected chi connectivity index (χ2v) is 10.3. The first kappa shape index (κ1) is 28.3. The molecule has 5 rings (SSSR count). The number of carbonyl (C=O) groups is 2. The summed E-state index contributed by atoms with van der Waals surface area (Å²) in [6.45, 7) is 9.29. The lowest BCUT2D eigenvalue weighted by Gasteiger charge is -2.34. The number of nitrogens with zero attached hydrogens (tertiary/aromatic N) is 3. The third-order valence-corrected chi connectivity index (χ3v) is 7.89. The van der Waals surface area contributed by atoms with E-state index in [0.29, 0.717) is 39.2 Å². The van der Waals surface area contributed by atoms with Gasteiger partial charge in [-0.2, -0.15) is 0 Å². The van der Waals surface area contributed by atoms with E-state index in [4.69, 9.17) is 9.47 Å². The average Bonchev–Trinajstić information content (AvgIpc) is 3.39. The van der Waals surface area contributed by atoms with Crippen molar-refractivity contribution < 1.29 is 19.1 Å². The molecule has 214 valence electrons. The molecule has 0 radical (unpaired) electrons. The summed E-state index contributed by atoms with van der Waals surface area (Å²) in [7, 11) is 0. The number of para-hydroxylation sites is 2. The van der Waals surface area contributed by atoms with Crippen LogP contribution in [0.5, 0.6) is 11.5 Å². The molecule has 1 aliphatic heterocycles. The number of amides is 2. The number of fused-ring (bicyclic) bond motifs is 1. The van der Waals surface area contributed by atoms with Crippen LogP contribution in [0.4, 0.5) is 4.79 Å². The smallest absolute Gasteiger partial charge is 0.409 e. The van der Waals surface area contributed by atoms with Gasteiger partial charge in [0.15, 0.2) is 0 Å². The lowest BCUT2D eigenvalue weighted by Crippen LogP contribution is -2.50.